The minimum Gasteiger partial charge on any atom is -1.00 e. The van der Waals surface area contributed by atoms with Gasteiger partial charge in [-0.1, -0.05) is 17.7 Å². The van der Waals surface area contributed by atoms with Gasteiger partial charge in [0.25, 0.3) is 0 Å². The second-order valence-corrected chi connectivity index (χ2v) is 4.58. The summed E-state index contributed by atoms with van der Waals surface area (Å²) in [6, 6.07) is 6.41. The minimum absolute atomic E-state index is 0. The summed E-state index contributed by atoms with van der Waals surface area (Å²) in [5.41, 5.74) is 1.39. The van der Waals surface area contributed by atoms with E-state index in [1.165, 1.54) is 13.2 Å². The molecule has 0 unspecified atom stereocenters. The predicted octanol–water partition coefficient (Wildman–Crippen LogP) is -0.0500. The predicted molar refractivity (Wildman–Crippen MR) is 74.2 cm³/mol. The van der Waals surface area contributed by atoms with Crippen molar-refractivity contribution < 1.29 is 22.1 Å². The first-order valence-corrected chi connectivity index (χ1v) is 6.18. The van der Waals surface area contributed by atoms with Crippen LogP contribution < -0.4 is 17.1 Å². The van der Waals surface area contributed by atoms with Crippen molar-refractivity contribution >= 4 is 17.3 Å². The van der Waals surface area contributed by atoms with Crippen LogP contribution in [-0.2, 0) is 6.42 Å². The number of methoxy groups -OCH3 is 1. The average molecular weight is 329 g/mol. The zero-order valence-corrected chi connectivity index (χ0v) is 12.9. The third-order valence-corrected chi connectivity index (χ3v) is 2.87. The van der Waals surface area contributed by atoms with Crippen molar-refractivity contribution in [2.45, 2.75) is 13.3 Å². The van der Waals surface area contributed by atoms with Gasteiger partial charge in [-0.15, -0.1) is 0 Å². The van der Waals surface area contributed by atoms with Crippen LogP contribution in [0.4, 0.5) is 5.69 Å². The number of nitrogens with zero attached hydrogens (tertiary/aromatic N) is 3. The molecule has 1 aromatic heterocycles. The van der Waals surface area contributed by atoms with Crippen LogP contribution in [0.25, 0.3) is 0 Å². The zero-order chi connectivity index (χ0) is 14.7. The molecular weight excluding hydrogens is 317 g/mol. The van der Waals surface area contributed by atoms with Gasteiger partial charge in [-0.05, 0) is 24.6 Å². The van der Waals surface area contributed by atoms with Crippen LogP contribution in [0.2, 0.25) is 5.15 Å². The molecule has 2 aromatic rings. The standard InChI is InChI=1S/C13H12ClN3O3.ClH/c1-8-5-12(14)16-13(15-8)7-9-3-4-11(20-2)10(6-9)17(18)19;/h3-6H,7H2,1-2H3;1H/p-1. The summed E-state index contributed by atoms with van der Waals surface area (Å²) >= 11 is 5.87. The Hall–Kier alpha value is -1.92. The molecule has 21 heavy (non-hydrogen) atoms. The Balaban J connectivity index is 0.00000220. The van der Waals surface area contributed by atoms with Gasteiger partial charge in [0.1, 0.15) is 11.0 Å². The molecule has 0 aliphatic carbocycles. The molecule has 2 rings (SSSR count). The first-order chi connectivity index (χ1) is 9.49. The lowest BCUT2D eigenvalue weighted by atomic mass is 10.1. The number of nitro benzene ring substituents is 1. The molecule has 8 heteroatoms. The Morgan fingerprint density at radius 3 is 2.62 bits per heavy atom. The summed E-state index contributed by atoms with van der Waals surface area (Å²) in [5.74, 6) is 0.747. The van der Waals surface area contributed by atoms with Gasteiger partial charge in [0, 0.05) is 18.2 Å². The molecule has 0 aliphatic heterocycles. The van der Waals surface area contributed by atoms with E-state index in [9.17, 15) is 10.1 Å². The van der Waals surface area contributed by atoms with Crippen molar-refractivity contribution in [2.24, 2.45) is 0 Å². The molecule has 0 radical (unpaired) electrons. The number of nitro groups is 1. The highest BCUT2D eigenvalue weighted by Gasteiger charge is 2.15. The summed E-state index contributed by atoms with van der Waals surface area (Å²) in [6.07, 6.45) is 0.367. The maximum atomic E-state index is 11.0. The van der Waals surface area contributed by atoms with E-state index in [1.54, 1.807) is 18.2 Å². The third kappa shape index (κ3) is 4.27. The first kappa shape index (κ1) is 17.1. The Kier molecular flexibility index (Phi) is 5.87. The lowest BCUT2D eigenvalue weighted by molar-refractivity contribution is -0.385. The van der Waals surface area contributed by atoms with Gasteiger partial charge in [-0.3, -0.25) is 10.1 Å². The molecule has 112 valence electrons. The summed E-state index contributed by atoms with van der Waals surface area (Å²) in [5, 5.41) is 11.3. The van der Waals surface area contributed by atoms with Crippen molar-refractivity contribution in [3.63, 3.8) is 0 Å². The molecule has 0 saturated carbocycles. The quantitative estimate of drug-likeness (QED) is 0.446. The van der Waals surface area contributed by atoms with Gasteiger partial charge in [-0.2, -0.15) is 0 Å². The van der Waals surface area contributed by atoms with Gasteiger partial charge in [0.2, 0.25) is 0 Å². The van der Waals surface area contributed by atoms with Crippen LogP contribution in [0.5, 0.6) is 5.75 Å². The Morgan fingerprint density at radius 1 is 1.33 bits per heavy atom. The highest BCUT2D eigenvalue weighted by Crippen LogP contribution is 2.28. The van der Waals surface area contributed by atoms with Crippen LogP contribution in [-0.4, -0.2) is 22.0 Å². The van der Waals surface area contributed by atoms with E-state index in [0.29, 0.717) is 17.4 Å². The van der Waals surface area contributed by atoms with Crippen molar-refractivity contribution in [1.82, 2.24) is 9.97 Å². The molecule has 0 spiro atoms. The molecule has 0 N–H and O–H groups in total. The molecule has 6 nitrogen and oxygen atoms in total. The van der Waals surface area contributed by atoms with Gasteiger partial charge in [0.15, 0.2) is 5.75 Å². The van der Waals surface area contributed by atoms with Crippen LogP contribution in [0.15, 0.2) is 24.3 Å². The van der Waals surface area contributed by atoms with Crippen molar-refractivity contribution in [1.29, 1.82) is 0 Å². The molecule has 1 aromatic carbocycles. The fraction of sp³-hybridized carbons (Fsp3) is 0.231. The van der Waals surface area contributed by atoms with Crippen LogP contribution >= 0.6 is 11.6 Å². The zero-order valence-electron chi connectivity index (χ0n) is 11.3. The number of halogens is 2. The van der Waals surface area contributed by atoms with E-state index >= 15 is 0 Å². The second-order valence-electron chi connectivity index (χ2n) is 4.19. The number of aromatic nitrogens is 2. The van der Waals surface area contributed by atoms with Gasteiger partial charge >= 0.3 is 5.69 Å². The number of aryl methyl sites for hydroxylation is 1. The van der Waals surface area contributed by atoms with Gasteiger partial charge < -0.3 is 17.1 Å². The Bertz CT molecular complexity index is 645. The van der Waals surface area contributed by atoms with Crippen LogP contribution in [0, 0.1) is 17.0 Å². The molecule has 0 atom stereocenters. The largest absolute Gasteiger partial charge is 1.00 e. The molecule has 0 fully saturated rings. The lowest BCUT2D eigenvalue weighted by Gasteiger charge is -2.05. The van der Waals surface area contributed by atoms with Gasteiger partial charge in [0.05, 0.1) is 12.0 Å². The highest BCUT2D eigenvalue weighted by atomic mass is 35.5. The SMILES string of the molecule is COc1ccc(Cc2nc(C)cc(Cl)n2)cc1[N+](=O)[O-].[Cl-]. The Morgan fingerprint density at radius 2 is 2.05 bits per heavy atom. The highest BCUT2D eigenvalue weighted by molar-refractivity contribution is 6.29. The lowest BCUT2D eigenvalue weighted by Crippen LogP contribution is -3.00. The van der Waals surface area contributed by atoms with E-state index in [2.05, 4.69) is 9.97 Å². The van der Waals surface area contributed by atoms with Crippen LogP contribution in [0.3, 0.4) is 0 Å². The van der Waals surface area contributed by atoms with E-state index < -0.39 is 4.92 Å². The van der Waals surface area contributed by atoms with Crippen molar-refractivity contribution in [3.05, 3.63) is 56.6 Å². The minimum atomic E-state index is -0.480. The normalized spacial score (nSPS) is 9.86. The van der Waals surface area contributed by atoms with Crippen LogP contribution in [0.1, 0.15) is 17.1 Å². The molecule has 0 amide bonds. The summed E-state index contributed by atoms with van der Waals surface area (Å²) < 4.78 is 4.96. The smallest absolute Gasteiger partial charge is 0.311 e. The number of hydrogen-bond donors (Lipinski definition) is 0. The number of ether oxygens (including phenoxy) is 1. The fourth-order valence-electron chi connectivity index (χ4n) is 1.84. The maximum Gasteiger partial charge on any atom is 0.311 e. The van der Waals surface area contributed by atoms with Crippen molar-refractivity contribution in [3.8, 4) is 5.75 Å². The molecule has 0 aliphatic rings. The summed E-state index contributed by atoms with van der Waals surface area (Å²) in [6.45, 7) is 1.81. The van der Waals surface area contributed by atoms with E-state index in [0.717, 1.165) is 11.3 Å². The molecule has 1 heterocycles. The Labute approximate surface area is 132 Å². The molecular formula is C13H12Cl2N3O3-. The molecule has 0 saturated heterocycles. The summed E-state index contributed by atoms with van der Waals surface area (Å²) in [7, 11) is 1.39. The number of hydrogen-bond acceptors (Lipinski definition) is 5. The average Bonchev–Trinajstić information content (AvgIpc) is 2.37. The van der Waals surface area contributed by atoms with Gasteiger partial charge in [-0.25, -0.2) is 9.97 Å². The fourth-order valence-corrected chi connectivity index (χ4v) is 2.09. The number of benzene rings is 1. The van der Waals surface area contributed by atoms with E-state index in [-0.39, 0.29) is 23.8 Å². The van der Waals surface area contributed by atoms with Crippen molar-refractivity contribution in [2.75, 3.05) is 7.11 Å². The molecule has 0 bridgehead atoms. The van der Waals surface area contributed by atoms with E-state index in [1.807, 2.05) is 6.92 Å². The summed E-state index contributed by atoms with van der Waals surface area (Å²) in [4.78, 5) is 18.8. The number of rotatable bonds is 4. The maximum absolute atomic E-state index is 11.0. The second kappa shape index (κ2) is 7.19. The third-order valence-electron chi connectivity index (χ3n) is 2.67. The first-order valence-electron chi connectivity index (χ1n) is 5.81. The monoisotopic (exact) mass is 328 g/mol. The van der Waals surface area contributed by atoms with E-state index in [4.69, 9.17) is 16.3 Å². The topological polar surface area (TPSA) is 78.2 Å².